The molecule has 0 bridgehead atoms. The molecule has 180 valence electrons. The fraction of sp³-hybridized carbons (Fsp3) is 0.0323. The maximum absolute atomic E-state index is 14.1. The Morgan fingerprint density at radius 2 is 1.69 bits per heavy atom. The highest BCUT2D eigenvalue weighted by Crippen LogP contribution is 2.59. The van der Waals surface area contributed by atoms with E-state index < -0.39 is 0 Å². The van der Waals surface area contributed by atoms with Gasteiger partial charge >= 0.3 is 17.2 Å². The molecule has 5 aromatic heterocycles. The third-order valence-electron chi connectivity index (χ3n) is 9.09. The van der Waals surface area contributed by atoms with E-state index in [0.29, 0.717) is 10.8 Å². The SMILES string of the molecule is Cn1c2[n+](c3ccccc31)[N+]13c4c(cccc4-2)Oc2ccc4c(=O)c5cncc6c7ccc[n+]1c7n(c4c23)c56. The standard InChI is InChI=1S/C31H17N6O2/c1-33-21-8-2-3-9-22(21)36-30(33)18-6-4-10-23-27(18)37(36)28-24(39-23)12-11-17-26(28)35-25-19(14-32-15-20(25)29(17)38)16-7-5-13-34(37)31(16)35/h2-15H,1H3/q+3. The highest BCUT2D eigenvalue weighted by atomic mass is 16.5. The second kappa shape index (κ2) is 5.57. The van der Waals surface area contributed by atoms with Crippen LogP contribution >= 0.6 is 0 Å². The minimum Gasteiger partial charge on any atom is -0.444 e. The second-order valence-electron chi connectivity index (χ2n) is 10.7. The summed E-state index contributed by atoms with van der Waals surface area (Å²) in [6.45, 7) is 0. The van der Waals surface area contributed by atoms with Gasteiger partial charge in [-0.1, -0.05) is 18.2 Å². The molecular weight excluding hydrogens is 488 g/mol. The molecule has 3 aliphatic rings. The summed E-state index contributed by atoms with van der Waals surface area (Å²) in [6, 6.07) is 22.9. The highest BCUT2D eigenvalue weighted by molar-refractivity contribution is 6.17. The number of imidazole rings is 1. The zero-order valence-electron chi connectivity index (χ0n) is 20.6. The molecular formula is C31H17N6O2+3. The average molecular weight is 506 g/mol. The number of ether oxygens (including phenoxy) is 1. The van der Waals surface area contributed by atoms with Gasteiger partial charge in [-0.15, -0.1) is 0 Å². The Hall–Kier alpha value is -5.34. The van der Waals surface area contributed by atoms with Crippen LogP contribution in [0.15, 0.2) is 90.1 Å². The van der Waals surface area contributed by atoms with Gasteiger partial charge < -0.3 is 4.74 Å². The first-order valence-corrected chi connectivity index (χ1v) is 13.0. The molecule has 8 nitrogen and oxygen atoms in total. The second-order valence-corrected chi connectivity index (χ2v) is 10.7. The summed E-state index contributed by atoms with van der Waals surface area (Å²) in [4.78, 5) is 18.6. The molecule has 0 fully saturated rings. The maximum atomic E-state index is 14.1. The number of nitrogens with zero attached hydrogens (tertiary/aromatic N) is 6. The monoisotopic (exact) mass is 505 g/mol. The lowest BCUT2D eigenvalue weighted by atomic mass is 10.0. The van der Waals surface area contributed by atoms with Crippen molar-refractivity contribution in [1.29, 1.82) is 0 Å². The van der Waals surface area contributed by atoms with Gasteiger partial charge in [0.05, 0.1) is 33.3 Å². The van der Waals surface area contributed by atoms with Crippen LogP contribution in [-0.2, 0) is 7.05 Å². The van der Waals surface area contributed by atoms with E-state index in [1.54, 1.807) is 6.20 Å². The molecule has 0 amide bonds. The van der Waals surface area contributed by atoms with Crippen molar-refractivity contribution in [1.82, 2.24) is 18.7 Å². The van der Waals surface area contributed by atoms with Crippen LogP contribution in [-0.4, -0.2) is 14.0 Å². The minimum atomic E-state index is -0.00534. The molecule has 3 aliphatic heterocycles. The minimum absolute atomic E-state index is 0.00534. The molecule has 1 atom stereocenters. The highest BCUT2D eigenvalue weighted by Gasteiger charge is 2.68. The summed E-state index contributed by atoms with van der Waals surface area (Å²) < 4.78 is 16.2. The topological polar surface area (TPSA) is 56.3 Å². The molecule has 8 aromatic rings. The Kier molecular flexibility index (Phi) is 2.69. The van der Waals surface area contributed by atoms with Gasteiger partial charge in [0.15, 0.2) is 23.0 Å². The largest absolute Gasteiger partial charge is 0.444 e. The first-order valence-electron chi connectivity index (χ1n) is 13.0. The number of fused-ring (bicyclic) bond motifs is 5. The molecule has 1 spiro atoms. The summed E-state index contributed by atoms with van der Waals surface area (Å²) in [5, 5.41) is 3.34. The van der Waals surface area contributed by atoms with Crippen molar-refractivity contribution in [3.05, 3.63) is 95.5 Å². The van der Waals surface area contributed by atoms with Crippen LogP contribution in [0.3, 0.4) is 0 Å². The van der Waals surface area contributed by atoms with Crippen LogP contribution in [0.5, 0.6) is 11.5 Å². The lowest BCUT2D eigenvalue weighted by molar-refractivity contribution is -1.01. The van der Waals surface area contributed by atoms with Gasteiger partial charge in [-0.05, 0) is 53.2 Å². The van der Waals surface area contributed by atoms with Crippen LogP contribution < -0.4 is 24.2 Å². The van der Waals surface area contributed by atoms with Crippen molar-refractivity contribution in [2.75, 3.05) is 0 Å². The fourth-order valence-electron chi connectivity index (χ4n) is 7.77. The van der Waals surface area contributed by atoms with Gasteiger partial charge in [0.1, 0.15) is 5.56 Å². The van der Waals surface area contributed by atoms with E-state index in [-0.39, 0.29) is 10.1 Å². The average Bonchev–Trinajstić information content (AvgIpc) is 3.58. The quantitative estimate of drug-likeness (QED) is 0.172. The number of rotatable bonds is 0. The predicted molar refractivity (Wildman–Crippen MR) is 146 cm³/mol. The summed E-state index contributed by atoms with van der Waals surface area (Å²) in [5.74, 6) is 2.64. The molecule has 0 saturated carbocycles. The van der Waals surface area contributed by atoms with E-state index in [1.807, 2.05) is 24.4 Å². The van der Waals surface area contributed by atoms with Gasteiger partial charge in [0.2, 0.25) is 22.2 Å². The Morgan fingerprint density at radius 1 is 0.821 bits per heavy atom. The molecule has 0 radical (unpaired) electrons. The molecule has 0 N–H and O–H groups in total. The van der Waals surface area contributed by atoms with Crippen LogP contribution in [0.25, 0.3) is 60.6 Å². The predicted octanol–water partition coefficient (Wildman–Crippen LogP) is 4.62. The van der Waals surface area contributed by atoms with Crippen molar-refractivity contribution >= 4 is 60.6 Å². The third kappa shape index (κ3) is 1.64. The molecule has 11 rings (SSSR count). The maximum Gasteiger partial charge on any atom is 0.352 e. The summed E-state index contributed by atoms with van der Waals surface area (Å²) in [6.07, 6.45) is 5.74. The Labute approximate surface area is 218 Å². The van der Waals surface area contributed by atoms with Gasteiger partial charge in [0, 0.05) is 17.1 Å². The molecule has 1 unspecified atom stereocenters. The van der Waals surface area contributed by atoms with Crippen molar-refractivity contribution < 1.29 is 14.1 Å². The van der Waals surface area contributed by atoms with Gasteiger partial charge in [-0.2, -0.15) is 4.40 Å². The summed E-state index contributed by atoms with van der Waals surface area (Å²) >= 11 is 0. The first kappa shape index (κ1) is 18.8. The molecule has 39 heavy (non-hydrogen) atoms. The molecule has 8 heterocycles. The number of hydrogen-bond acceptors (Lipinski definition) is 3. The molecule has 0 aliphatic carbocycles. The number of aromatic nitrogens is 5. The summed E-state index contributed by atoms with van der Waals surface area (Å²) in [5.41, 5.74) is 8.13. The number of aryl methyl sites for hydroxylation is 1. The van der Waals surface area contributed by atoms with E-state index in [0.717, 1.165) is 72.7 Å². The van der Waals surface area contributed by atoms with Crippen molar-refractivity contribution in [3.63, 3.8) is 0 Å². The Morgan fingerprint density at radius 3 is 2.64 bits per heavy atom. The first-order chi connectivity index (χ1) is 19.2. The van der Waals surface area contributed by atoms with Crippen LogP contribution in [0, 0.1) is 0 Å². The number of benzene rings is 3. The molecule has 8 heteroatoms. The van der Waals surface area contributed by atoms with E-state index >= 15 is 0 Å². The number of hydrogen-bond donors (Lipinski definition) is 0. The van der Waals surface area contributed by atoms with Gasteiger partial charge in [0.25, 0.3) is 5.69 Å². The van der Waals surface area contributed by atoms with Crippen LogP contribution in [0.1, 0.15) is 0 Å². The smallest absolute Gasteiger partial charge is 0.352 e. The lowest BCUT2D eigenvalue weighted by Crippen LogP contribution is -2.83. The normalized spacial score (nSPS) is 17.8. The van der Waals surface area contributed by atoms with Crippen LogP contribution in [0.4, 0.5) is 11.4 Å². The zero-order chi connectivity index (χ0) is 25.4. The zero-order valence-corrected chi connectivity index (χ0v) is 20.6. The lowest BCUT2D eigenvalue weighted by Gasteiger charge is -2.32. The van der Waals surface area contributed by atoms with Gasteiger partial charge in [-0.25, -0.2) is 4.57 Å². The van der Waals surface area contributed by atoms with E-state index in [2.05, 4.69) is 85.1 Å². The summed E-state index contributed by atoms with van der Waals surface area (Å²) in [7, 11) is 2.13. The van der Waals surface area contributed by atoms with Crippen LogP contribution in [0.2, 0.25) is 0 Å². The third-order valence-corrected chi connectivity index (χ3v) is 9.09. The number of quaternary nitrogens is 1. The van der Waals surface area contributed by atoms with Gasteiger partial charge in [-0.3, -0.25) is 9.78 Å². The van der Waals surface area contributed by atoms with Crippen molar-refractivity contribution in [2.24, 2.45) is 7.05 Å². The Balaban J connectivity index is 1.56. The number of pyridine rings is 3. The molecule has 0 saturated heterocycles. The molecule has 3 aromatic carbocycles. The number of para-hydroxylation sites is 3. The van der Waals surface area contributed by atoms with Crippen molar-refractivity contribution in [2.45, 2.75) is 0 Å². The van der Waals surface area contributed by atoms with Crippen molar-refractivity contribution in [3.8, 4) is 22.9 Å². The fourth-order valence-corrected chi connectivity index (χ4v) is 7.77. The van der Waals surface area contributed by atoms with E-state index in [4.69, 9.17) is 4.74 Å². The Bertz CT molecular complexity index is 2580. The van der Waals surface area contributed by atoms with E-state index in [9.17, 15) is 4.79 Å². The van der Waals surface area contributed by atoms with E-state index in [1.165, 1.54) is 0 Å².